The zero-order valence-electron chi connectivity index (χ0n) is 58.1. The zero-order chi connectivity index (χ0) is 72.7. The molecule has 31 heteroatoms. The van der Waals surface area contributed by atoms with Crippen LogP contribution in [-0.2, 0) is 100 Å². The van der Waals surface area contributed by atoms with Gasteiger partial charge in [0.05, 0.1) is 91.1 Å². The van der Waals surface area contributed by atoms with Crippen molar-refractivity contribution >= 4 is 76.7 Å². The van der Waals surface area contributed by atoms with Crippen LogP contribution in [0.1, 0.15) is 187 Å². The van der Waals surface area contributed by atoms with Crippen LogP contribution in [0.3, 0.4) is 0 Å². The van der Waals surface area contributed by atoms with Crippen molar-refractivity contribution in [2.75, 3.05) is 138 Å². The number of ketones is 3. The van der Waals surface area contributed by atoms with Gasteiger partial charge in [0.15, 0.2) is 5.78 Å². The van der Waals surface area contributed by atoms with Crippen molar-refractivity contribution in [3.63, 3.8) is 0 Å². The summed E-state index contributed by atoms with van der Waals surface area (Å²) in [7, 11) is 0. The molecule has 564 valence electrons. The van der Waals surface area contributed by atoms with Crippen LogP contribution >= 0.6 is 0 Å². The van der Waals surface area contributed by atoms with Crippen LogP contribution in [0.2, 0.25) is 0 Å². The van der Waals surface area contributed by atoms with E-state index in [-0.39, 0.29) is 212 Å². The molecule has 0 heterocycles. The fraction of sp³-hybridized carbons (Fsp3) is 0.806. The second kappa shape index (κ2) is 63.8. The number of carboxylic acid groups (broad SMARTS) is 4. The van der Waals surface area contributed by atoms with Gasteiger partial charge in [0, 0.05) is 83.6 Å². The van der Waals surface area contributed by atoms with E-state index in [2.05, 4.69) is 31.9 Å². The molecule has 10 N–H and O–H groups in total. The van der Waals surface area contributed by atoms with Crippen LogP contribution in [0.15, 0.2) is 0 Å². The number of carbonyl (C=O) groups is 13. The summed E-state index contributed by atoms with van der Waals surface area (Å²) in [5.41, 5.74) is 0. The molecule has 98 heavy (non-hydrogen) atoms. The number of Topliss-reactive ketones (excluding diaryl/α,β-unsaturated/α-hetero) is 3. The third kappa shape index (κ3) is 60.6. The molecule has 0 saturated carbocycles. The van der Waals surface area contributed by atoms with Gasteiger partial charge < -0.3 is 90.2 Å². The molecule has 0 aromatic carbocycles. The minimum atomic E-state index is -1.38. The lowest BCUT2D eigenvalue weighted by Crippen LogP contribution is -2.42. The summed E-state index contributed by atoms with van der Waals surface area (Å²) in [4.78, 5) is 155. The summed E-state index contributed by atoms with van der Waals surface area (Å²) >= 11 is 0. The highest BCUT2D eigenvalue weighted by atomic mass is 16.5. The highest BCUT2D eigenvalue weighted by molar-refractivity contribution is 5.87. The maximum absolute atomic E-state index is 12.5. The van der Waals surface area contributed by atoms with Gasteiger partial charge in [-0.1, -0.05) is 90.4 Å². The number of aliphatic carboxylic acids is 4. The third-order valence-corrected chi connectivity index (χ3v) is 15.3. The smallest absolute Gasteiger partial charge is 0.326 e. The Labute approximate surface area is 576 Å². The lowest BCUT2D eigenvalue weighted by molar-refractivity contribution is -0.145. The summed E-state index contributed by atoms with van der Waals surface area (Å²) in [6.45, 7) is 5.13. The second-order valence-corrected chi connectivity index (χ2v) is 23.9. The highest BCUT2D eigenvalue weighted by Gasteiger charge is 2.26. The van der Waals surface area contributed by atoms with E-state index in [0.717, 1.165) is 57.8 Å². The van der Waals surface area contributed by atoms with E-state index in [1.807, 2.05) is 6.92 Å². The molecule has 0 aliphatic heterocycles. The monoisotopic (exact) mass is 1400 g/mol. The molecule has 6 amide bonds. The lowest BCUT2D eigenvalue weighted by atomic mass is 9.94. The first-order chi connectivity index (χ1) is 47.1. The predicted molar refractivity (Wildman–Crippen MR) is 356 cm³/mol. The number of carbonyl (C=O) groups excluding carboxylic acids is 9. The molecule has 0 aliphatic carbocycles. The van der Waals surface area contributed by atoms with E-state index in [1.165, 1.54) is 45.4 Å². The Balaban J connectivity index is 3.77. The van der Waals surface area contributed by atoms with Crippen LogP contribution in [-0.4, -0.2) is 242 Å². The minimum absolute atomic E-state index is 0.00134. The van der Waals surface area contributed by atoms with E-state index in [1.54, 1.807) is 0 Å². The van der Waals surface area contributed by atoms with Crippen LogP contribution in [0, 0.1) is 17.8 Å². The molecule has 0 radical (unpaired) electrons. The normalized spacial score (nSPS) is 12.3. The predicted octanol–water partition coefficient (Wildman–Crippen LogP) is 3.65. The second-order valence-electron chi connectivity index (χ2n) is 23.9. The Morgan fingerprint density at radius 1 is 0.306 bits per heavy atom. The average molecular weight is 1410 g/mol. The molecule has 0 rings (SSSR count). The minimum Gasteiger partial charge on any atom is -0.481 e. The summed E-state index contributed by atoms with van der Waals surface area (Å²) in [6.07, 6.45) is 16.3. The van der Waals surface area contributed by atoms with Gasteiger partial charge in [-0.15, -0.1) is 0 Å². The van der Waals surface area contributed by atoms with Crippen LogP contribution < -0.4 is 31.9 Å². The van der Waals surface area contributed by atoms with Crippen molar-refractivity contribution in [2.45, 2.75) is 193 Å². The van der Waals surface area contributed by atoms with Gasteiger partial charge in [0.25, 0.3) is 0 Å². The van der Waals surface area contributed by atoms with Crippen molar-refractivity contribution in [1.82, 2.24) is 31.9 Å². The summed E-state index contributed by atoms with van der Waals surface area (Å²) in [6, 6.07) is -1.38. The van der Waals surface area contributed by atoms with Crippen molar-refractivity contribution in [3.05, 3.63) is 0 Å². The topological polar surface area (TPSA) is 449 Å². The van der Waals surface area contributed by atoms with Crippen LogP contribution in [0.5, 0.6) is 0 Å². The van der Waals surface area contributed by atoms with E-state index >= 15 is 0 Å². The summed E-state index contributed by atoms with van der Waals surface area (Å²) in [5.74, 6) is -9.85. The van der Waals surface area contributed by atoms with Crippen LogP contribution in [0.25, 0.3) is 0 Å². The van der Waals surface area contributed by atoms with E-state index in [0.29, 0.717) is 25.8 Å². The number of carboxylic acids is 4. The highest BCUT2D eigenvalue weighted by Crippen LogP contribution is 2.18. The summed E-state index contributed by atoms with van der Waals surface area (Å²) < 4.78 is 42.7. The number of nitrogens with one attached hydrogen (secondary N) is 6. The average Bonchev–Trinajstić information content (AvgIpc) is 1.55. The van der Waals surface area contributed by atoms with Gasteiger partial charge in [-0.3, -0.25) is 57.5 Å². The number of hydrogen-bond donors (Lipinski definition) is 10. The van der Waals surface area contributed by atoms with Crippen molar-refractivity contribution in [1.29, 1.82) is 0 Å². The van der Waals surface area contributed by atoms with Gasteiger partial charge in [0.2, 0.25) is 35.4 Å². The molecular formula is C67H116N6O25. The SMILES string of the molecule is CC(=O)[C@@H](C)CCCCNC(=O)CC[C@H](NC(=O)CC[C@H](CC(=O)COCCOCCNC(=O)COCCOCCNC(=O)COCCOCCNC(=O)COCCOCCNC(=O)CC[C@H](CC(=O)CCCCCCCCCCCCCCCCC(=O)O)C(=O)O)C(=O)O)C(=O)O. The molecule has 0 aliphatic rings. The molecule has 0 aromatic rings. The van der Waals surface area contributed by atoms with Crippen molar-refractivity contribution in [3.8, 4) is 0 Å². The maximum Gasteiger partial charge on any atom is 0.326 e. The molecule has 0 bridgehead atoms. The molecule has 0 saturated heterocycles. The molecule has 31 nitrogen and oxygen atoms in total. The number of hydrogen-bond acceptors (Lipinski definition) is 21. The van der Waals surface area contributed by atoms with Gasteiger partial charge in [-0.25, -0.2) is 4.79 Å². The van der Waals surface area contributed by atoms with Gasteiger partial charge in [-0.05, 0) is 51.9 Å². The van der Waals surface area contributed by atoms with E-state index in [9.17, 15) is 77.6 Å². The molecule has 4 atom stereocenters. The Kier molecular flexibility index (Phi) is 59.5. The van der Waals surface area contributed by atoms with E-state index in [4.69, 9.17) is 43.0 Å². The lowest BCUT2D eigenvalue weighted by Gasteiger charge is -2.16. The molecule has 0 unspecified atom stereocenters. The third-order valence-electron chi connectivity index (χ3n) is 15.3. The molecular weight excluding hydrogens is 1290 g/mol. The first kappa shape index (κ1) is 91.4. The van der Waals surface area contributed by atoms with Gasteiger partial charge in [-0.2, -0.15) is 0 Å². The fourth-order valence-electron chi connectivity index (χ4n) is 9.41. The first-order valence-electron chi connectivity index (χ1n) is 34.8. The zero-order valence-corrected chi connectivity index (χ0v) is 58.1. The standard InChI is InChI=1S/C67H116N6O25/c1-51(52(2)74)19-17-18-28-68-59(78)27-24-57(67(89)90)73-60(79)26-23-54(66(87)88)46-56(76)47-95-41-37-92-34-30-70-61(80)49-97-43-39-94-36-32-72-63(82)50-98-44-40-93-35-31-71-62(81)48-96-42-38-91-33-29-69-58(77)25-22-53(65(85)86)45-55(75)20-15-13-11-9-7-5-3-4-6-8-10-12-14-16-21-64(83)84/h51,53-54,57H,3-50H2,1-2H3,(H,68,78)(H,69,77)(H,70,80)(H,71,81)(H,72,82)(H,73,79)(H,83,84)(H,85,86)(H,87,88)(H,89,90)/t51-,53+,54+,57-/m0/s1. The van der Waals surface area contributed by atoms with E-state index < -0.39 is 78.3 Å². The number of unbranched alkanes of at least 4 members (excludes halogenated alkanes) is 14. The first-order valence-corrected chi connectivity index (χ1v) is 34.8. The van der Waals surface area contributed by atoms with Crippen molar-refractivity contribution in [2.24, 2.45) is 17.8 Å². The van der Waals surface area contributed by atoms with Gasteiger partial charge in [0.1, 0.15) is 44.0 Å². The maximum atomic E-state index is 12.5. The number of ether oxygens (including phenoxy) is 8. The Morgan fingerprint density at radius 2 is 0.643 bits per heavy atom. The quantitative estimate of drug-likeness (QED) is 0.0388. The molecule has 0 aromatic heterocycles. The largest absolute Gasteiger partial charge is 0.481 e. The Morgan fingerprint density at radius 3 is 1.03 bits per heavy atom. The Bertz CT molecular complexity index is 2260. The van der Waals surface area contributed by atoms with Gasteiger partial charge >= 0.3 is 23.9 Å². The fourth-order valence-corrected chi connectivity index (χ4v) is 9.41. The number of rotatable bonds is 72. The molecule has 0 fully saturated rings. The Hall–Kier alpha value is -6.61. The number of amides is 6. The van der Waals surface area contributed by atoms with Crippen molar-refractivity contribution < 1.29 is 121 Å². The molecule has 0 spiro atoms. The summed E-state index contributed by atoms with van der Waals surface area (Å²) in [5, 5.41) is 53.0. The van der Waals surface area contributed by atoms with Crippen LogP contribution in [0.4, 0.5) is 0 Å².